The first-order valence-corrected chi connectivity index (χ1v) is 7.09. The Hall–Kier alpha value is -3.08. The molecule has 0 saturated carbocycles. The Morgan fingerprint density at radius 2 is 1.78 bits per heavy atom. The van der Waals surface area contributed by atoms with Crippen molar-refractivity contribution in [2.45, 2.75) is 0 Å². The molecule has 0 fully saturated rings. The van der Waals surface area contributed by atoms with Gasteiger partial charge in [0.05, 0.1) is 6.54 Å². The smallest absolute Gasteiger partial charge is 0.412 e. The number of carbonyl (C=O) groups excluding carboxylic acids is 2. The molecule has 5 nitrogen and oxygen atoms in total. The van der Waals surface area contributed by atoms with E-state index in [1.165, 1.54) is 0 Å². The fraction of sp³-hybridized carbons (Fsp3) is 0.111. The third-order valence-electron chi connectivity index (χ3n) is 2.93. The lowest BCUT2D eigenvalue weighted by molar-refractivity contribution is -0.137. The predicted octanol–water partition coefficient (Wildman–Crippen LogP) is 3.17. The van der Waals surface area contributed by atoms with Crippen molar-refractivity contribution in [3.8, 4) is 16.9 Å². The van der Waals surface area contributed by atoms with E-state index in [9.17, 15) is 9.59 Å². The summed E-state index contributed by atoms with van der Waals surface area (Å²) < 4.78 is 9.94. The molecule has 0 saturated heterocycles. The van der Waals surface area contributed by atoms with Crippen LogP contribution < -0.4 is 10.1 Å². The molecule has 0 unspecified atom stereocenters. The van der Waals surface area contributed by atoms with Gasteiger partial charge in [0, 0.05) is 6.08 Å². The Bertz CT molecular complexity index is 682. The van der Waals surface area contributed by atoms with Gasteiger partial charge in [-0.05, 0) is 23.3 Å². The number of benzene rings is 2. The minimum Gasteiger partial charge on any atom is -0.461 e. The Labute approximate surface area is 134 Å². The van der Waals surface area contributed by atoms with Crippen LogP contribution in [0.25, 0.3) is 11.1 Å². The molecule has 2 rings (SSSR count). The zero-order chi connectivity index (χ0) is 16.5. The second-order valence-corrected chi connectivity index (χ2v) is 4.58. The van der Waals surface area contributed by atoms with E-state index in [2.05, 4.69) is 11.9 Å². The maximum atomic E-state index is 11.7. The number of hydrogen-bond acceptors (Lipinski definition) is 4. The van der Waals surface area contributed by atoms with Crippen molar-refractivity contribution in [2.75, 3.05) is 13.2 Å². The van der Waals surface area contributed by atoms with E-state index in [4.69, 9.17) is 9.47 Å². The van der Waals surface area contributed by atoms with Crippen LogP contribution in [-0.4, -0.2) is 25.2 Å². The van der Waals surface area contributed by atoms with Gasteiger partial charge in [-0.25, -0.2) is 9.59 Å². The summed E-state index contributed by atoms with van der Waals surface area (Å²) in [5.74, 6) is -0.0948. The van der Waals surface area contributed by atoms with E-state index in [-0.39, 0.29) is 13.2 Å². The van der Waals surface area contributed by atoms with Gasteiger partial charge in [0.2, 0.25) is 0 Å². The van der Waals surface area contributed by atoms with Gasteiger partial charge in [0.15, 0.2) is 0 Å². The molecule has 0 aliphatic heterocycles. The summed E-state index contributed by atoms with van der Waals surface area (Å²) >= 11 is 0. The monoisotopic (exact) mass is 311 g/mol. The highest BCUT2D eigenvalue weighted by Gasteiger charge is 2.06. The summed E-state index contributed by atoms with van der Waals surface area (Å²) in [4.78, 5) is 22.5. The molecule has 0 bridgehead atoms. The van der Waals surface area contributed by atoms with Crippen LogP contribution in [-0.2, 0) is 9.53 Å². The Kier molecular flexibility index (Phi) is 5.94. The lowest BCUT2D eigenvalue weighted by Gasteiger charge is -2.08. The molecule has 5 heteroatoms. The standard InChI is InChI=1S/C18H17NO4/c1-2-17(20)22-12-11-19-18(21)23-16-10-6-9-15(13-16)14-7-4-3-5-8-14/h2-10,13H,1,11-12H2,(H,19,21). The molecule has 0 aromatic heterocycles. The number of ether oxygens (including phenoxy) is 2. The second-order valence-electron chi connectivity index (χ2n) is 4.58. The minimum absolute atomic E-state index is 0.0595. The van der Waals surface area contributed by atoms with Gasteiger partial charge < -0.3 is 14.8 Å². The molecule has 0 aliphatic rings. The number of rotatable bonds is 6. The van der Waals surface area contributed by atoms with E-state index < -0.39 is 12.1 Å². The fourth-order valence-corrected chi connectivity index (χ4v) is 1.88. The van der Waals surface area contributed by atoms with Crippen LogP contribution in [0.15, 0.2) is 67.3 Å². The fourth-order valence-electron chi connectivity index (χ4n) is 1.88. The summed E-state index contributed by atoms with van der Waals surface area (Å²) in [6.07, 6.45) is 0.456. The predicted molar refractivity (Wildman–Crippen MR) is 87.1 cm³/mol. The van der Waals surface area contributed by atoms with Crippen LogP contribution in [0.3, 0.4) is 0 Å². The van der Waals surface area contributed by atoms with Crippen molar-refractivity contribution in [3.63, 3.8) is 0 Å². The van der Waals surface area contributed by atoms with Crippen molar-refractivity contribution in [1.82, 2.24) is 5.32 Å². The van der Waals surface area contributed by atoms with Gasteiger partial charge in [-0.3, -0.25) is 0 Å². The van der Waals surface area contributed by atoms with Gasteiger partial charge in [-0.2, -0.15) is 0 Å². The Morgan fingerprint density at radius 3 is 2.52 bits per heavy atom. The number of esters is 1. The molecule has 1 N–H and O–H groups in total. The lowest BCUT2D eigenvalue weighted by atomic mass is 10.1. The lowest BCUT2D eigenvalue weighted by Crippen LogP contribution is -2.30. The molecule has 0 spiro atoms. The van der Waals surface area contributed by atoms with Crippen molar-refractivity contribution < 1.29 is 19.1 Å². The third kappa shape index (κ3) is 5.32. The van der Waals surface area contributed by atoms with Crippen molar-refractivity contribution in [1.29, 1.82) is 0 Å². The largest absolute Gasteiger partial charge is 0.461 e. The van der Waals surface area contributed by atoms with E-state index in [1.54, 1.807) is 12.1 Å². The average molecular weight is 311 g/mol. The summed E-state index contributed by atoms with van der Waals surface area (Å²) in [5.41, 5.74) is 1.99. The van der Waals surface area contributed by atoms with Gasteiger partial charge >= 0.3 is 12.1 Å². The van der Waals surface area contributed by atoms with Crippen LogP contribution in [0.1, 0.15) is 0 Å². The molecule has 0 aliphatic carbocycles. The van der Waals surface area contributed by atoms with Crippen molar-refractivity contribution in [2.24, 2.45) is 0 Å². The normalized spacial score (nSPS) is 9.74. The molecule has 0 heterocycles. The van der Waals surface area contributed by atoms with Gasteiger partial charge in [-0.1, -0.05) is 49.0 Å². The van der Waals surface area contributed by atoms with Gasteiger partial charge in [0.25, 0.3) is 0 Å². The highest BCUT2D eigenvalue weighted by molar-refractivity contribution is 5.81. The molecule has 0 atom stereocenters. The number of nitrogens with one attached hydrogen (secondary N) is 1. The van der Waals surface area contributed by atoms with Gasteiger partial charge in [0.1, 0.15) is 12.4 Å². The molecule has 118 valence electrons. The highest BCUT2D eigenvalue weighted by Crippen LogP contribution is 2.23. The number of carbonyl (C=O) groups is 2. The van der Waals surface area contributed by atoms with E-state index in [1.807, 2.05) is 42.5 Å². The maximum absolute atomic E-state index is 11.7. The SMILES string of the molecule is C=CC(=O)OCCNC(=O)Oc1cccc(-c2ccccc2)c1. The Morgan fingerprint density at radius 1 is 1.04 bits per heavy atom. The molecular weight excluding hydrogens is 294 g/mol. The average Bonchev–Trinajstić information content (AvgIpc) is 2.59. The maximum Gasteiger partial charge on any atom is 0.412 e. The van der Waals surface area contributed by atoms with Crippen LogP contribution in [0.2, 0.25) is 0 Å². The highest BCUT2D eigenvalue weighted by atomic mass is 16.6. The molecule has 0 radical (unpaired) electrons. The summed E-state index contributed by atoms with van der Waals surface area (Å²) in [6.45, 7) is 3.50. The number of amides is 1. The first kappa shape index (κ1) is 16.3. The topological polar surface area (TPSA) is 64.6 Å². The molecule has 23 heavy (non-hydrogen) atoms. The van der Waals surface area contributed by atoms with Crippen LogP contribution in [0, 0.1) is 0 Å². The molecule has 2 aromatic carbocycles. The van der Waals surface area contributed by atoms with Crippen LogP contribution in [0.5, 0.6) is 5.75 Å². The van der Waals surface area contributed by atoms with E-state index in [0.29, 0.717) is 5.75 Å². The van der Waals surface area contributed by atoms with E-state index in [0.717, 1.165) is 17.2 Å². The van der Waals surface area contributed by atoms with Crippen LogP contribution in [0.4, 0.5) is 4.79 Å². The van der Waals surface area contributed by atoms with E-state index >= 15 is 0 Å². The molecule has 1 amide bonds. The Balaban J connectivity index is 1.87. The molecular formula is C18H17NO4. The van der Waals surface area contributed by atoms with Crippen molar-refractivity contribution >= 4 is 12.1 Å². The van der Waals surface area contributed by atoms with Gasteiger partial charge in [-0.15, -0.1) is 0 Å². The van der Waals surface area contributed by atoms with Crippen molar-refractivity contribution in [3.05, 3.63) is 67.3 Å². The third-order valence-corrected chi connectivity index (χ3v) is 2.93. The summed E-state index contributed by atoms with van der Waals surface area (Å²) in [6, 6.07) is 17.0. The quantitative estimate of drug-likeness (QED) is 0.505. The molecule has 2 aromatic rings. The summed E-state index contributed by atoms with van der Waals surface area (Å²) in [5, 5.41) is 2.50. The zero-order valence-electron chi connectivity index (χ0n) is 12.5. The van der Waals surface area contributed by atoms with Crippen LogP contribution >= 0.6 is 0 Å². The summed E-state index contributed by atoms with van der Waals surface area (Å²) in [7, 11) is 0. The second kappa shape index (κ2) is 8.38. The minimum atomic E-state index is -0.607. The first-order chi connectivity index (χ1) is 11.2. The number of hydrogen-bond donors (Lipinski definition) is 1. The first-order valence-electron chi connectivity index (χ1n) is 7.09. The zero-order valence-corrected chi connectivity index (χ0v) is 12.5.